The molecule has 8 atom stereocenters. The predicted molar refractivity (Wildman–Crippen MR) is 214 cm³/mol. The number of hydrogen-bond donors (Lipinski definition) is 4. The number of esters is 2. The van der Waals surface area contributed by atoms with Crippen LogP contribution in [0.1, 0.15) is 75.8 Å². The van der Waals surface area contributed by atoms with E-state index in [9.17, 15) is 15.0 Å². The Morgan fingerprint density at radius 2 is 1.84 bits per heavy atom. The number of H-pyrrole nitrogens is 1. The van der Waals surface area contributed by atoms with E-state index in [4.69, 9.17) is 28.4 Å². The Balaban J connectivity index is 1.24. The lowest BCUT2D eigenvalue weighted by Crippen LogP contribution is -2.69. The first-order valence-corrected chi connectivity index (χ1v) is 20.9. The SMILES string of the molecule is COc1ccc2[nH]c3c(c2c1)C[C@H](CO)N[C@]31CS[C@@H]2c3c(OC(C)=O)c(C)c4c(c3[C@H](COC1=O)N1[C@@H]2[C@@H]2c3c(cc(C)c(OC)c3O)C[C@@H]([C@@H]1C)N2C)OCO4. The summed E-state index contributed by atoms with van der Waals surface area (Å²) in [6, 6.07) is 6.19. The summed E-state index contributed by atoms with van der Waals surface area (Å²) < 4.78 is 36.6. The number of aliphatic hydroxyl groups excluding tert-OH is 1. The van der Waals surface area contributed by atoms with Crippen molar-refractivity contribution < 1.29 is 48.2 Å². The molecule has 0 saturated carbocycles. The van der Waals surface area contributed by atoms with E-state index in [0.717, 1.165) is 44.3 Å². The van der Waals surface area contributed by atoms with Crippen molar-refractivity contribution in [2.24, 2.45) is 0 Å². The van der Waals surface area contributed by atoms with Crippen molar-refractivity contribution in [1.82, 2.24) is 20.1 Å². The summed E-state index contributed by atoms with van der Waals surface area (Å²) in [5.74, 6) is 1.93. The van der Waals surface area contributed by atoms with Crippen molar-refractivity contribution in [3.8, 4) is 34.5 Å². The van der Waals surface area contributed by atoms with E-state index in [0.29, 0.717) is 52.8 Å². The number of likely N-dealkylation sites (N-methyl/N-ethyl adjacent to an activating group) is 1. The Morgan fingerprint density at radius 3 is 2.59 bits per heavy atom. The van der Waals surface area contributed by atoms with E-state index in [-0.39, 0.29) is 55.7 Å². The van der Waals surface area contributed by atoms with Crippen LogP contribution in [0.4, 0.5) is 0 Å². The third-order valence-electron chi connectivity index (χ3n) is 13.6. The van der Waals surface area contributed by atoms with Crippen LogP contribution in [0.15, 0.2) is 24.3 Å². The number of hydrogen-bond acceptors (Lipinski definition) is 14. The number of aromatic hydroxyl groups is 1. The number of thioether (sulfide) groups is 1. The number of aryl methyl sites for hydroxylation is 1. The number of carbonyl (C=O) groups is 2. The number of nitrogens with zero attached hydrogens (tertiary/aromatic N) is 2. The van der Waals surface area contributed by atoms with Crippen LogP contribution in [0.3, 0.4) is 0 Å². The number of ether oxygens (including phenoxy) is 6. The van der Waals surface area contributed by atoms with Gasteiger partial charge in [-0.2, -0.15) is 0 Å². The lowest BCUT2D eigenvalue weighted by Gasteiger charge is -2.63. The number of aliphatic hydroxyl groups is 1. The maximum atomic E-state index is 15.1. The fourth-order valence-corrected chi connectivity index (χ4v) is 12.9. The zero-order valence-corrected chi connectivity index (χ0v) is 34.4. The summed E-state index contributed by atoms with van der Waals surface area (Å²) >= 11 is 1.57. The molecule has 15 heteroatoms. The Morgan fingerprint density at radius 1 is 1.05 bits per heavy atom. The largest absolute Gasteiger partial charge is 0.504 e. The highest BCUT2D eigenvalue weighted by Crippen LogP contribution is 2.64. The van der Waals surface area contributed by atoms with Crippen molar-refractivity contribution in [2.75, 3.05) is 47.0 Å². The van der Waals surface area contributed by atoms with Crippen LogP contribution in [-0.4, -0.2) is 108 Å². The van der Waals surface area contributed by atoms with Crippen molar-refractivity contribution in [1.29, 1.82) is 0 Å². The average Bonchev–Trinajstić information content (AvgIpc) is 3.85. The van der Waals surface area contributed by atoms with E-state index >= 15 is 4.79 Å². The maximum Gasteiger partial charge on any atom is 0.333 e. The molecule has 3 aromatic carbocycles. The molecule has 4 aromatic rings. The van der Waals surface area contributed by atoms with Crippen LogP contribution in [-0.2, 0) is 32.7 Å². The van der Waals surface area contributed by atoms with E-state index in [1.807, 2.05) is 32.0 Å². The van der Waals surface area contributed by atoms with Gasteiger partial charge in [0.05, 0.1) is 43.9 Å². The molecule has 2 saturated heterocycles. The second-order valence-corrected chi connectivity index (χ2v) is 17.6. The highest BCUT2D eigenvalue weighted by atomic mass is 32.2. The number of piperazine rings is 1. The minimum Gasteiger partial charge on any atom is -0.504 e. The first kappa shape index (κ1) is 37.6. The van der Waals surface area contributed by atoms with Gasteiger partial charge in [0, 0.05) is 70.0 Å². The molecule has 4 bridgehead atoms. The number of nitrogens with one attached hydrogen (secondary N) is 2. The minimum atomic E-state index is -1.41. The lowest BCUT2D eigenvalue weighted by atomic mass is 9.71. The molecule has 2 fully saturated rings. The predicted octanol–water partition coefficient (Wildman–Crippen LogP) is 4.62. The van der Waals surface area contributed by atoms with Crippen molar-refractivity contribution in [2.45, 2.75) is 87.6 Å². The van der Waals surface area contributed by atoms with E-state index < -0.39 is 34.8 Å². The van der Waals surface area contributed by atoms with Gasteiger partial charge < -0.3 is 43.6 Å². The van der Waals surface area contributed by atoms with Gasteiger partial charge in [-0.3, -0.25) is 19.9 Å². The number of aromatic nitrogens is 1. The quantitative estimate of drug-likeness (QED) is 0.167. The first-order chi connectivity index (χ1) is 27.9. The topological polar surface area (TPSA) is 164 Å². The molecule has 7 aliphatic rings. The lowest BCUT2D eigenvalue weighted by molar-refractivity contribution is -0.159. The molecule has 4 N–H and O–H groups in total. The fraction of sp³-hybridized carbons (Fsp3) is 0.488. The Hall–Kier alpha value is -4.67. The van der Waals surface area contributed by atoms with Crippen LogP contribution in [0.25, 0.3) is 10.9 Å². The monoisotopic (exact) mass is 812 g/mol. The summed E-state index contributed by atoms with van der Waals surface area (Å²) in [4.78, 5) is 36.6. The van der Waals surface area contributed by atoms with Gasteiger partial charge in [-0.25, -0.2) is 4.79 Å². The number of fused-ring (bicyclic) bond motifs is 11. The van der Waals surface area contributed by atoms with Crippen molar-refractivity contribution in [3.63, 3.8) is 0 Å². The average molecular weight is 813 g/mol. The third kappa shape index (κ3) is 5.06. The molecule has 8 heterocycles. The van der Waals surface area contributed by atoms with Gasteiger partial charge in [0.15, 0.2) is 28.5 Å². The van der Waals surface area contributed by atoms with Crippen LogP contribution in [0, 0.1) is 13.8 Å². The van der Waals surface area contributed by atoms with E-state index in [1.54, 1.807) is 26.0 Å². The van der Waals surface area contributed by atoms with Crippen molar-refractivity contribution in [3.05, 3.63) is 68.9 Å². The molecule has 1 spiro atoms. The number of aromatic amines is 1. The normalized spacial score (nSPS) is 29.7. The van der Waals surface area contributed by atoms with Crippen LogP contribution in [0.5, 0.6) is 34.5 Å². The second-order valence-electron chi connectivity index (χ2n) is 16.5. The number of methoxy groups -OCH3 is 2. The second kappa shape index (κ2) is 13.4. The Kier molecular flexibility index (Phi) is 8.70. The molecule has 306 valence electrons. The van der Waals surface area contributed by atoms with Gasteiger partial charge in [0.2, 0.25) is 6.79 Å². The van der Waals surface area contributed by atoms with Crippen molar-refractivity contribution >= 4 is 34.6 Å². The van der Waals surface area contributed by atoms with E-state index in [1.165, 1.54) is 6.92 Å². The molecule has 11 rings (SSSR count). The molecular formula is C43H48N4O10S. The number of phenolic OH excluding ortho intramolecular Hbond substituents is 1. The summed E-state index contributed by atoms with van der Waals surface area (Å²) in [5, 5.41) is 26.9. The first-order valence-electron chi connectivity index (χ1n) is 19.8. The van der Waals surface area contributed by atoms with Gasteiger partial charge in [-0.1, -0.05) is 6.07 Å². The number of rotatable bonds is 4. The summed E-state index contributed by atoms with van der Waals surface area (Å²) in [7, 11) is 5.32. The van der Waals surface area contributed by atoms with Crippen LogP contribution in [0.2, 0.25) is 0 Å². The molecule has 0 aliphatic carbocycles. The zero-order chi connectivity index (χ0) is 40.5. The Labute approximate surface area is 340 Å². The van der Waals surface area contributed by atoms with Gasteiger partial charge in [0.25, 0.3) is 0 Å². The van der Waals surface area contributed by atoms with Crippen LogP contribution < -0.4 is 29.0 Å². The highest BCUT2D eigenvalue weighted by molar-refractivity contribution is 7.99. The smallest absolute Gasteiger partial charge is 0.333 e. The molecule has 7 aliphatic heterocycles. The third-order valence-corrected chi connectivity index (χ3v) is 15.1. The molecule has 14 nitrogen and oxygen atoms in total. The molecule has 1 aromatic heterocycles. The molecular weight excluding hydrogens is 765 g/mol. The fourth-order valence-electron chi connectivity index (χ4n) is 11.2. The Bertz CT molecular complexity index is 2420. The molecule has 0 radical (unpaired) electrons. The minimum absolute atomic E-state index is 0.00660. The van der Waals surface area contributed by atoms with Gasteiger partial charge in [-0.05, 0) is 75.5 Å². The summed E-state index contributed by atoms with van der Waals surface area (Å²) in [6.45, 7) is 7.18. The summed E-state index contributed by atoms with van der Waals surface area (Å²) in [5.41, 5.74) is 5.95. The molecule has 0 unspecified atom stereocenters. The zero-order valence-electron chi connectivity index (χ0n) is 33.6. The summed E-state index contributed by atoms with van der Waals surface area (Å²) in [6.07, 6.45) is 1.17. The number of carbonyl (C=O) groups excluding carboxylic acids is 2. The number of phenols is 1. The standard InChI is InChI=1S/C43H48N4O10S/c1-18-10-22-11-28-20(3)47-29-15-54-42(51)43(41-26(12-23(14-48)45-43)25-13-24(52-6)8-9-27(25)44-41)16-58-40(34(47)33(46(28)5)30(22)35(50)36(18)53-7)32-31(29)39-38(55-17-56-39)19(2)37(32)57-21(4)49/h8-10,13,20,23,28-29,33-34,40,44-45,48,50H,11-12,14-17H2,1-7H3/t20-,23+,28-,29-,33-,34+,40+,43+/m0/s1. The van der Waals surface area contributed by atoms with Gasteiger partial charge in [0.1, 0.15) is 18.1 Å². The van der Waals surface area contributed by atoms with Gasteiger partial charge in [-0.15, -0.1) is 11.8 Å². The van der Waals surface area contributed by atoms with E-state index in [2.05, 4.69) is 40.1 Å². The number of benzene rings is 3. The molecule has 58 heavy (non-hydrogen) atoms. The maximum absolute atomic E-state index is 15.1. The molecule has 0 amide bonds. The highest BCUT2D eigenvalue weighted by Gasteiger charge is 2.61. The van der Waals surface area contributed by atoms with Crippen LogP contribution >= 0.6 is 11.8 Å². The van der Waals surface area contributed by atoms with Gasteiger partial charge >= 0.3 is 11.9 Å².